The smallest absolute Gasteiger partial charge is 0.338 e. The Kier molecular flexibility index (Phi) is 8.50. The van der Waals surface area contributed by atoms with Crippen LogP contribution in [0.25, 0.3) is 0 Å². The maximum atomic E-state index is 14.2. The maximum Gasteiger partial charge on any atom is 0.338 e. The van der Waals surface area contributed by atoms with Crippen LogP contribution in [0.15, 0.2) is 76.6 Å². The van der Waals surface area contributed by atoms with Gasteiger partial charge in [-0.2, -0.15) is 0 Å². The van der Waals surface area contributed by atoms with E-state index < -0.39 is 17.8 Å². The molecule has 2 bridgehead atoms. The van der Waals surface area contributed by atoms with Gasteiger partial charge in [0.1, 0.15) is 0 Å². The Morgan fingerprint density at radius 3 is 2.37 bits per heavy atom. The summed E-state index contributed by atoms with van der Waals surface area (Å²) in [6.45, 7) is 3.73. The number of anilines is 2. The summed E-state index contributed by atoms with van der Waals surface area (Å²) in [7, 11) is 1.54. The molecular formula is C38H35N3O8S2. The van der Waals surface area contributed by atoms with Crippen LogP contribution in [0, 0.1) is 36.5 Å². The number of methoxy groups -OCH3 is 1. The summed E-state index contributed by atoms with van der Waals surface area (Å²) in [6, 6.07) is 19.5. The van der Waals surface area contributed by atoms with E-state index >= 15 is 0 Å². The van der Waals surface area contributed by atoms with Gasteiger partial charge in [0, 0.05) is 21.7 Å². The highest BCUT2D eigenvalue weighted by atomic mass is 32.2. The van der Waals surface area contributed by atoms with E-state index in [4.69, 9.17) is 14.2 Å². The van der Waals surface area contributed by atoms with Crippen molar-refractivity contribution in [3.05, 3.63) is 98.0 Å². The SMILES string of the molecule is CCOC(=O)c1ccc(N2C(=O)C3C(C2=O)[C@@H]2C[C@H]3C3Sc4[nH]c(=O)sc4[C@H](c4ccc(OCC(=O)Nc5ccc(C)cc5)c(OC)c4)C32)cc1. The van der Waals surface area contributed by atoms with Gasteiger partial charge in [-0.15, -0.1) is 11.8 Å². The molecule has 7 atom stereocenters. The lowest BCUT2D eigenvalue weighted by Crippen LogP contribution is -2.42. The molecule has 4 aromatic rings. The van der Waals surface area contributed by atoms with Gasteiger partial charge in [0.15, 0.2) is 18.1 Å². The van der Waals surface area contributed by atoms with Gasteiger partial charge in [0.05, 0.1) is 41.8 Å². The molecule has 4 aliphatic rings. The van der Waals surface area contributed by atoms with Crippen molar-refractivity contribution in [2.75, 3.05) is 30.5 Å². The van der Waals surface area contributed by atoms with Gasteiger partial charge < -0.3 is 24.5 Å². The van der Waals surface area contributed by atoms with Gasteiger partial charge in [0.2, 0.25) is 11.8 Å². The fourth-order valence-electron chi connectivity index (χ4n) is 8.58. The Hall–Kier alpha value is -4.88. The number of H-pyrrole nitrogens is 1. The summed E-state index contributed by atoms with van der Waals surface area (Å²) in [5, 5.41) is 3.64. The summed E-state index contributed by atoms with van der Waals surface area (Å²) in [5.41, 5.74) is 3.46. The quantitative estimate of drug-likeness (QED) is 0.166. The number of nitrogens with one attached hydrogen (secondary N) is 2. The fraction of sp³-hybridized carbons (Fsp3) is 0.342. The molecule has 3 amide bonds. The van der Waals surface area contributed by atoms with Crippen molar-refractivity contribution in [3.8, 4) is 11.5 Å². The number of nitrogens with zero attached hydrogens (tertiary/aromatic N) is 1. The van der Waals surface area contributed by atoms with Crippen LogP contribution >= 0.6 is 23.1 Å². The van der Waals surface area contributed by atoms with E-state index in [1.807, 2.05) is 43.3 Å². The van der Waals surface area contributed by atoms with Gasteiger partial charge in [-0.05, 0) is 92.1 Å². The molecule has 8 rings (SSSR count). The topological polar surface area (TPSA) is 144 Å². The van der Waals surface area contributed by atoms with Gasteiger partial charge in [-0.1, -0.05) is 35.1 Å². The number of esters is 1. The first-order valence-electron chi connectivity index (χ1n) is 16.9. The Labute approximate surface area is 301 Å². The molecule has 0 radical (unpaired) electrons. The minimum Gasteiger partial charge on any atom is -0.493 e. The van der Waals surface area contributed by atoms with Crippen molar-refractivity contribution in [1.82, 2.24) is 4.98 Å². The lowest BCUT2D eigenvalue weighted by Gasteiger charge is -2.43. The molecule has 3 heterocycles. The first-order valence-corrected chi connectivity index (χ1v) is 18.6. The third-order valence-electron chi connectivity index (χ3n) is 10.6. The maximum absolute atomic E-state index is 14.2. The van der Waals surface area contributed by atoms with Gasteiger partial charge in [0.25, 0.3) is 5.91 Å². The molecule has 0 spiro atoms. The van der Waals surface area contributed by atoms with Crippen molar-refractivity contribution < 1.29 is 33.4 Å². The second-order valence-corrected chi connectivity index (χ2v) is 15.6. The van der Waals surface area contributed by atoms with Crippen molar-refractivity contribution in [2.45, 2.75) is 36.5 Å². The first-order chi connectivity index (χ1) is 24.7. The molecular weight excluding hydrogens is 691 g/mol. The number of aromatic nitrogens is 1. The van der Waals surface area contributed by atoms with Crippen LogP contribution in [-0.4, -0.2) is 54.2 Å². The van der Waals surface area contributed by atoms with Crippen LogP contribution in [0.5, 0.6) is 11.5 Å². The normalized spacial score (nSPS) is 25.6. The summed E-state index contributed by atoms with van der Waals surface area (Å²) in [5.74, 6) is -1.66. The molecule has 2 aliphatic carbocycles. The standard InChI is InChI=1S/C38H35N3O8S2/c1-4-48-37(45)19-7-12-22(13-8-19)41-35(43)30-23-16-24(31(30)36(41)44)32-29(23)28(33-34(50-32)40-38(46)51-33)20-9-14-25(26(15-20)47-3)49-17-27(42)39-21-10-5-18(2)6-11-21/h5-15,23-24,28-32H,4,16-17H2,1-3H3,(H,39,42)(H,40,46)/t23-,24-,28-,29?,30?,31?,32?/m1/s1. The van der Waals surface area contributed by atoms with Crippen LogP contribution in [-0.2, 0) is 19.1 Å². The number of carbonyl (C=O) groups is 4. The predicted molar refractivity (Wildman–Crippen MR) is 192 cm³/mol. The number of carbonyl (C=O) groups excluding carboxylic acids is 4. The number of benzene rings is 3. The Morgan fingerprint density at radius 2 is 1.67 bits per heavy atom. The minimum atomic E-state index is -0.481. The molecule has 3 fully saturated rings. The number of thiazole rings is 1. The van der Waals surface area contributed by atoms with Crippen molar-refractivity contribution in [2.24, 2.45) is 29.6 Å². The van der Waals surface area contributed by atoms with E-state index in [2.05, 4.69) is 10.3 Å². The first kappa shape index (κ1) is 33.3. The number of aromatic amines is 1. The number of imide groups is 1. The molecule has 2 aliphatic heterocycles. The summed E-state index contributed by atoms with van der Waals surface area (Å²) in [6.07, 6.45) is 0.745. The average Bonchev–Trinajstić information content (AvgIpc) is 3.87. The summed E-state index contributed by atoms with van der Waals surface area (Å²) >= 11 is 2.79. The Bertz CT molecular complexity index is 2110. The van der Waals surface area contributed by atoms with Crippen molar-refractivity contribution in [3.63, 3.8) is 0 Å². The van der Waals surface area contributed by atoms with Gasteiger partial charge >= 0.3 is 10.8 Å². The van der Waals surface area contributed by atoms with Crippen LogP contribution < -0.4 is 24.6 Å². The highest BCUT2D eigenvalue weighted by Gasteiger charge is 2.69. The zero-order chi connectivity index (χ0) is 35.6. The molecule has 2 saturated carbocycles. The lowest BCUT2D eigenvalue weighted by atomic mass is 9.68. The minimum absolute atomic E-state index is 0.00859. The van der Waals surface area contributed by atoms with Crippen molar-refractivity contribution >= 4 is 58.2 Å². The number of fused-ring (bicyclic) bond motifs is 9. The largest absolute Gasteiger partial charge is 0.493 e. The number of amides is 3. The summed E-state index contributed by atoms with van der Waals surface area (Å²) in [4.78, 5) is 70.9. The average molecular weight is 726 g/mol. The van der Waals surface area contributed by atoms with E-state index in [9.17, 15) is 24.0 Å². The van der Waals surface area contributed by atoms with E-state index in [1.165, 1.54) is 23.3 Å². The molecule has 3 aromatic carbocycles. The number of ether oxygens (including phenoxy) is 3. The number of rotatable bonds is 9. The van der Waals surface area contributed by atoms with E-state index in [0.717, 1.165) is 27.5 Å². The highest BCUT2D eigenvalue weighted by molar-refractivity contribution is 8.00. The Balaban J connectivity index is 1.07. The van der Waals surface area contributed by atoms with Gasteiger partial charge in [-0.25, -0.2) is 4.79 Å². The highest BCUT2D eigenvalue weighted by Crippen LogP contribution is 2.68. The Morgan fingerprint density at radius 1 is 0.941 bits per heavy atom. The van der Waals surface area contributed by atoms with Gasteiger partial charge in [-0.3, -0.25) is 24.1 Å². The lowest BCUT2D eigenvalue weighted by molar-refractivity contribution is -0.123. The van der Waals surface area contributed by atoms with Crippen LogP contribution in [0.4, 0.5) is 11.4 Å². The molecule has 11 nitrogen and oxygen atoms in total. The van der Waals surface area contributed by atoms with E-state index in [0.29, 0.717) is 28.4 Å². The fourth-order valence-corrected chi connectivity index (χ4v) is 11.5. The number of aryl methyl sites for hydroxylation is 1. The number of hydrogen-bond donors (Lipinski definition) is 2. The molecule has 2 N–H and O–H groups in total. The van der Waals surface area contributed by atoms with Crippen LogP contribution in [0.1, 0.15) is 45.6 Å². The monoisotopic (exact) mass is 725 g/mol. The molecule has 1 aromatic heterocycles. The van der Waals surface area contributed by atoms with Crippen molar-refractivity contribution in [1.29, 1.82) is 0 Å². The molecule has 51 heavy (non-hydrogen) atoms. The second kappa shape index (κ2) is 13.0. The second-order valence-electron chi connectivity index (χ2n) is 13.4. The predicted octanol–water partition coefficient (Wildman–Crippen LogP) is 5.63. The number of thioether (sulfide) groups is 1. The number of hydrogen-bond acceptors (Lipinski definition) is 10. The van der Waals surface area contributed by atoms with Crippen LogP contribution in [0.2, 0.25) is 0 Å². The zero-order valence-electron chi connectivity index (χ0n) is 28.0. The van der Waals surface area contributed by atoms with E-state index in [1.54, 1.807) is 49.0 Å². The summed E-state index contributed by atoms with van der Waals surface area (Å²) < 4.78 is 16.7. The molecule has 262 valence electrons. The van der Waals surface area contributed by atoms with E-state index in [-0.39, 0.29) is 64.7 Å². The zero-order valence-corrected chi connectivity index (χ0v) is 29.7. The third kappa shape index (κ3) is 5.63. The van der Waals surface area contributed by atoms with Crippen LogP contribution in [0.3, 0.4) is 0 Å². The molecule has 1 saturated heterocycles. The molecule has 13 heteroatoms. The third-order valence-corrected chi connectivity index (χ3v) is 13.2. The molecule has 4 unspecified atom stereocenters.